The smallest absolute Gasteiger partial charge is 0.410 e. The lowest BCUT2D eigenvalue weighted by atomic mass is 10.1. The van der Waals surface area contributed by atoms with Gasteiger partial charge in [0.2, 0.25) is 5.88 Å². The normalized spacial score (nSPS) is 18.7. The van der Waals surface area contributed by atoms with Crippen LogP contribution in [-0.2, 0) is 4.74 Å². The first kappa shape index (κ1) is 16.1. The molecule has 6 heteroatoms. The van der Waals surface area contributed by atoms with E-state index >= 15 is 0 Å². The number of amides is 1. The highest BCUT2D eigenvalue weighted by molar-refractivity contribution is 9.10. The molecule has 1 fully saturated rings. The van der Waals surface area contributed by atoms with Crippen molar-refractivity contribution in [2.24, 2.45) is 5.92 Å². The molecule has 0 N–H and O–H groups in total. The second-order valence-electron chi connectivity index (χ2n) is 6.21. The van der Waals surface area contributed by atoms with Crippen LogP contribution in [0.1, 0.15) is 27.2 Å². The van der Waals surface area contributed by atoms with Crippen LogP contribution in [0, 0.1) is 5.92 Å². The largest absolute Gasteiger partial charge is 0.477 e. The van der Waals surface area contributed by atoms with E-state index in [9.17, 15) is 4.79 Å². The Kier molecular flexibility index (Phi) is 5.08. The van der Waals surface area contributed by atoms with Gasteiger partial charge in [-0.3, -0.25) is 0 Å². The van der Waals surface area contributed by atoms with Gasteiger partial charge < -0.3 is 14.4 Å². The summed E-state index contributed by atoms with van der Waals surface area (Å²) >= 11 is 3.33. The topological polar surface area (TPSA) is 51.7 Å². The fourth-order valence-corrected chi connectivity index (χ4v) is 2.35. The highest BCUT2D eigenvalue weighted by Crippen LogP contribution is 2.21. The fraction of sp³-hybridized carbons (Fsp3) is 0.600. The summed E-state index contributed by atoms with van der Waals surface area (Å²) in [7, 11) is 0. The number of hydrogen-bond donors (Lipinski definition) is 0. The van der Waals surface area contributed by atoms with Crippen LogP contribution < -0.4 is 4.74 Å². The molecule has 1 aromatic heterocycles. The lowest BCUT2D eigenvalue weighted by molar-refractivity contribution is 0.0284. The molecule has 116 valence electrons. The quantitative estimate of drug-likeness (QED) is 0.831. The third-order valence-electron chi connectivity index (χ3n) is 3.10. The molecular formula is C15H21BrN2O3. The molecule has 2 rings (SSSR count). The van der Waals surface area contributed by atoms with E-state index in [2.05, 4.69) is 20.9 Å². The first-order chi connectivity index (χ1) is 9.83. The molecule has 0 radical (unpaired) electrons. The molecular weight excluding hydrogens is 336 g/mol. The van der Waals surface area contributed by atoms with Gasteiger partial charge in [0, 0.05) is 35.7 Å². The number of likely N-dealkylation sites (tertiary alicyclic amines) is 1. The molecule has 1 aromatic rings. The highest BCUT2D eigenvalue weighted by atomic mass is 79.9. The molecule has 0 unspecified atom stereocenters. The Morgan fingerprint density at radius 1 is 1.48 bits per heavy atom. The van der Waals surface area contributed by atoms with E-state index in [1.807, 2.05) is 32.9 Å². The Balaban J connectivity index is 1.77. The SMILES string of the molecule is CC(C)(C)OC(=O)N1CC[C@@H](COc2ccc(Br)cn2)C1. The average molecular weight is 357 g/mol. The molecule has 1 atom stereocenters. The van der Waals surface area contributed by atoms with Gasteiger partial charge in [-0.05, 0) is 49.2 Å². The number of carbonyl (C=O) groups is 1. The van der Waals surface area contributed by atoms with Gasteiger partial charge in [0.1, 0.15) is 5.60 Å². The standard InChI is InChI=1S/C15H21BrN2O3/c1-15(2,3)21-14(19)18-7-6-11(9-18)10-20-13-5-4-12(16)8-17-13/h4-5,8,11H,6-7,9-10H2,1-3H3/t11-/m1/s1. The minimum atomic E-state index is -0.451. The zero-order valence-corrected chi connectivity index (χ0v) is 14.2. The number of aromatic nitrogens is 1. The zero-order chi connectivity index (χ0) is 15.5. The van der Waals surface area contributed by atoms with Crippen LogP contribution in [0.25, 0.3) is 0 Å². The van der Waals surface area contributed by atoms with E-state index in [0.717, 1.165) is 17.4 Å². The third kappa shape index (κ3) is 5.19. The summed E-state index contributed by atoms with van der Waals surface area (Å²) in [5.41, 5.74) is -0.451. The molecule has 0 bridgehead atoms. The van der Waals surface area contributed by atoms with Crippen LogP contribution in [-0.4, -0.2) is 41.3 Å². The van der Waals surface area contributed by atoms with Crippen LogP contribution in [0.3, 0.4) is 0 Å². The number of halogens is 1. The number of hydrogen-bond acceptors (Lipinski definition) is 4. The van der Waals surface area contributed by atoms with Crippen LogP contribution in [0.15, 0.2) is 22.8 Å². The fourth-order valence-electron chi connectivity index (χ4n) is 2.11. The second kappa shape index (κ2) is 6.64. The number of rotatable bonds is 3. The predicted octanol–water partition coefficient (Wildman–Crippen LogP) is 3.48. The van der Waals surface area contributed by atoms with Gasteiger partial charge in [0.05, 0.1) is 6.61 Å². The Morgan fingerprint density at radius 2 is 2.24 bits per heavy atom. The molecule has 1 aliphatic rings. The van der Waals surface area contributed by atoms with E-state index in [1.165, 1.54) is 0 Å². The van der Waals surface area contributed by atoms with Crippen molar-refractivity contribution in [3.63, 3.8) is 0 Å². The first-order valence-electron chi connectivity index (χ1n) is 7.06. The van der Waals surface area contributed by atoms with Gasteiger partial charge >= 0.3 is 6.09 Å². The van der Waals surface area contributed by atoms with Crippen molar-refractivity contribution in [2.45, 2.75) is 32.8 Å². The molecule has 1 amide bonds. The van der Waals surface area contributed by atoms with Gasteiger partial charge in [-0.2, -0.15) is 0 Å². The van der Waals surface area contributed by atoms with Crippen molar-refractivity contribution in [1.29, 1.82) is 0 Å². The van der Waals surface area contributed by atoms with E-state index in [1.54, 1.807) is 11.1 Å². The zero-order valence-electron chi connectivity index (χ0n) is 12.6. The van der Waals surface area contributed by atoms with Crippen LogP contribution >= 0.6 is 15.9 Å². The summed E-state index contributed by atoms with van der Waals surface area (Å²) < 4.78 is 12.0. The summed E-state index contributed by atoms with van der Waals surface area (Å²) in [5, 5.41) is 0. The molecule has 0 saturated carbocycles. The molecule has 0 aromatic carbocycles. The summed E-state index contributed by atoms with van der Waals surface area (Å²) in [6.07, 6.45) is 2.39. The van der Waals surface area contributed by atoms with Gasteiger partial charge in [0.25, 0.3) is 0 Å². The first-order valence-corrected chi connectivity index (χ1v) is 7.85. The summed E-state index contributed by atoms with van der Waals surface area (Å²) in [6.45, 7) is 7.58. The Hall–Kier alpha value is -1.30. The third-order valence-corrected chi connectivity index (χ3v) is 3.57. The molecule has 1 saturated heterocycles. The predicted molar refractivity (Wildman–Crippen MR) is 83.3 cm³/mol. The number of ether oxygens (including phenoxy) is 2. The van der Waals surface area contributed by atoms with Gasteiger partial charge in [0.15, 0.2) is 0 Å². The Morgan fingerprint density at radius 3 is 2.86 bits per heavy atom. The average Bonchev–Trinajstić information content (AvgIpc) is 2.85. The monoisotopic (exact) mass is 356 g/mol. The molecule has 2 heterocycles. The van der Waals surface area contributed by atoms with Crippen molar-refractivity contribution in [1.82, 2.24) is 9.88 Å². The lowest BCUT2D eigenvalue weighted by Crippen LogP contribution is -2.35. The Bertz CT molecular complexity index is 485. The maximum Gasteiger partial charge on any atom is 0.410 e. The summed E-state index contributed by atoms with van der Waals surface area (Å²) in [6, 6.07) is 3.72. The molecule has 0 spiro atoms. The number of nitrogens with zero attached hydrogens (tertiary/aromatic N) is 2. The highest BCUT2D eigenvalue weighted by Gasteiger charge is 2.30. The molecule has 21 heavy (non-hydrogen) atoms. The summed E-state index contributed by atoms with van der Waals surface area (Å²) in [5.74, 6) is 0.928. The van der Waals surface area contributed by atoms with Crippen LogP contribution in [0.2, 0.25) is 0 Å². The van der Waals surface area contributed by atoms with Crippen molar-refractivity contribution in [3.05, 3.63) is 22.8 Å². The molecule has 5 nitrogen and oxygen atoms in total. The van der Waals surface area contributed by atoms with Gasteiger partial charge in [-0.15, -0.1) is 0 Å². The van der Waals surface area contributed by atoms with E-state index < -0.39 is 5.60 Å². The molecule has 1 aliphatic heterocycles. The van der Waals surface area contributed by atoms with Crippen molar-refractivity contribution >= 4 is 22.0 Å². The van der Waals surface area contributed by atoms with Crippen LogP contribution in [0.4, 0.5) is 4.79 Å². The van der Waals surface area contributed by atoms with Crippen molar-refractivity contribution in [3.8, 4) is 5.88 Å². The second-order valence-corrected chi connectivity index (χ2v) is 7.12. The van der Waals surface area contributed by atoms with Gasteiger partial charge in [-0.25, -0.2) is 9.78 Å². The Labute approximate surface area is 133 Å². The maximum atomic E-state index is 12.0. The lowest BCUT2D eigenvalue weighted by Gasteiger charge is -2.24. The van der Waals surface area contributed by atoms with E-state index in [-0.39, 0.29) is 6.09 Å². The van der Waals surface area contributed by atoms with Gasteiger partial charge in [-0.1, -0.05) is 0 Å². The number of pyridine rings is 1. The van der Waals surface area contributed by atoms with Crippen molar-refractivity contribution < 1.29 is 14.3 Å². The minimum absolute atomic E-state index is 0.244. The van der Waals surface area contributed by atoms with E-state index in [0.29, 0.717) is 24.9 Å². The summed E-state index contributed by atoms with van der Waals surface area (Å²) in [4.78, 5) is 17.9. The molecule has 0 aliphatic carbocycles. The van der Waals surface area contributed by atoms with Crippen molar-refractivity contribution in [2.75, 3.05) is 19.7 Å². The number of carbonyl (C=O) groups excluding carboxylic acids is 1. The maximum absolute atomic E-state index is 12.0. The van der Waals surface area contributed by atoms with Crippen LogP contribution in [0.5, 0.6) is 5.88 Å². The van der Waals surface area contributed by atoms with E-state index in [4.69, 9.17) is 9.47 Å². The minimum Gasteiger partial charge on any atom is -0.477 e.